The van der Waals surface area contributed by atoms with Gasteiger partial charge >= 0.3 is 6.03 Å². The van der Waals surface area contributed by atoms with Crippen LogP contribution in [0.3, 0.4) is 0 Å². The first-order chi connectivity index (χ1) is 9.25. The molecule has 1 aliphatic heterocycles. The Balaban J connectivity index is 1.93. The molecule has 0 unspecified atom stereocenters. The van der Waals surface area contributed by atoms with E-state index >= 15 is 0 Å². The molecule has 1 atom stereocenters. The molecule has 0 saturated carbocycles. The summed E-state index contributed by atoms with van der Waals surface area (Å²) in [6.45, 7) is 6.10. The van der Waals surface area contributed by atoms with Crippen molar-refractivity contribution in [3.8, 4) is 0 Å². The second-order valence-corrected chi connectivity index (χ2v) is 6.41. The van der Waals surface area contributed by atoms with E-state index in [1.54, 1.807) is 0 Å². The molecule has 0 spiro atoms. The number of amides is 4. The van der Waals surface area contributed by atoms with E-state index in [0.717, 1.165) is 5.69 Å². The molecule has 0 bridgehead atoms. The molecular formula is C12H16N4O3S. The number of aromatic nitrogens is 1. The van der Waals surface area contributed by atoms with E-state index in [2.05, 4.69) is 20.9 Å². The monoisotopic (exact) mass is 296 g/mol. The second-order valence-electron chi connectivity index (χ2n) is 5.56. The lowest BCUT2D eigenvalue weighted by Gasteiger charge is -2.14. The number of thiazole rings is 1. The zero-order valence-electron chi connectivity index (χ0n) is 11.4. The zero-order chi connectivity index (χ0) is 14.9. The third kappa shape index (κ3) is 3.32. The molecule has 0 aliphatic carbocycles. The van der Waals surface area contributed by atoms with Gasteiger partial charge in [0.25, 0.3) is 5.91 Å². The van der Waals surface area contributed by atoms with Crippen LogP contribution in [0, 0.1) is 0 Å². The van der Waals surface area contributed by atoms with E-state index in [1.165, 1.54) is 11.3 Å². The van der Waals surface area contributed by atoms with Crippen LogP contribution < -0.4 is 16.0 Å². The number of nitrogens with zero attached hydrogens (tertiary/aromatic N) is 1. The first-order valence-electron chi connectivity index (χ1n) is 6.13. The molecule has 1 aromatic heterocycles. The Morgan fingerprint density at radius 2 is 2.15 bits per heavy atom. The highest BCUT2D eigenvalue weighted by Gasteiger charge is 2.31. The molecule has 1 saturated heterocycles. The molecule has 4 amide bonds. The van der Waals surface area contributed by atoms with Crippen molar-refractivity contribution in [2.75, 3.05) is 5.32 Å². The van der Waals surface area contributed by atoms with Crippen molar-refractivity contribution in [2.45, 2.75) is 38.6 Å². The van der Waals surface area contributed by atoms with Gasteiger partial charge in [-0.25, -0.2) is 9.78 Å². The van der Waals surface area contributed by atoms with Gasteiger partial charge in [-0.1, -0.05) is 20.8 Å². The Morgan fingerprint density at radius 3 is 2.65 bits per heavy atom. The molecule has 8 heteroatoms. The van der Waals surface area contributed by atoms with E-state index in [1.807, 2.05) is 26.2 Å². The largest absolute Gasteiger partial charge is 0.325 e. The maximum absolute atomic E-state index is 11.8. The number of carbonyl (C=O) groups excluding carboxylic acids is 3. The van der Waals surface area contributed by atoms with Gasteiger partial charge in [-0.05, 0) is 0 Å². The molecule has 1 fully saturated rings. The summed E-state index contributed by atoms with van der Waals surface area (Å²) >= 11 is 1.33. The van der Waals surface area contributed by atoms with Crippen molar-refractivity contribution < 1.29 is 14.4 Å². The standard InChI is InChI=1S/C12H16N4O3S/c1-12(2,3)7-5-20-11(14-7)15-8(17)4-6-9(18)16-10(19)13-6/h5-6H,4H2,1-3H3,(H,14,15,17)(H2,13,16,18,19)/t6-/m0/s1. The predicted molar refractivity (Wildman–Crippen MR) is 74.5 cm³/mol. The predicted octanol–water partition coefficient (Wildman–Crippen LogP) is 0.977. The van der Waals surface area contributed by atoms with Gasteiger partial charge < -0.3 is 10.6 Å². The first-order valence-corrected chi connectivity index (χ1v) is 7.01. The van der Waals surface area contributed by atoms with Gasteiger partial charge in [-0.2, -0.15) is 0 Å². The van der Waals surface area contributed by atoms with Crippen molar-refractivity contribution in [3.63, 3.8) is 0 Å². The van der Waals surface area contributed by atoms with Crippen molar-refractivity contribution >= 4 is 34.3 Å². The first kappa shape index (κ1) is 14.4. The fourth-order valence-corrected chi connectivity index (χ4v) is 2.59. The second kappa shape index (κ2) is 5.20. The number of rotatable bonds is 3. The minimum atomic E-state index is -0.815. The minimum absolute atomic E-state index is 0.0845. The van der Waals surface area contributed by atoms with E-state index in [0.29, 0.717) is 5.13 Å². The van der Waals surface area contributed by atoms with Crippen molar-refractivity contribution in [3.05, 3.63) is 11.1 Å². The maximum atomic E-state index is 11.8. The lowest BCUT2D eigenvalue weighted by molar-refractivity contribution is -0.124. The van der Waals surface area contributed by atoms with Gasteiger partial charge in [-0.15, -0.1) is 11.3 Å². The number of nitrogens with one attached hydrogen (secondary N) is 3. The summed E-state index contributed by atoms with van der Waals surface area (Å²) in [5, 5.41) is 9.46. The summed E-state index contributed by atoms with van der Waals surface area (Å²) in [5.41, 5.74) is 0.809. The van der Waals surface area contributed by atoms with Gasteiger partial charge in [0.1, 0.15) is 6.04 Å². The van der Waals surface area contributed by atoms with Crippen LogP contribution in [0.1, 0.15) is 32.9 Å². The van der Waals surface area contributed by atoms with Gasteiger partial charge in [0, 0.05) is 10.8 Å². The molecule has 0 aromatic carbocycles. The summed E-state index contributed by atoms with van der Waals surface area (Å²) in [4.78, 5) is 38.4. The van der Waals surface area contributed by atoms with Gasteiger partial charge in [0.05, 0.1) is 12.1 Å². The molecule has 1 aromatic rings. The molecular weight excluding hydrogens is 280 g/mol. The molecule has 20 heavy (non-hydrogen) atoms. The Morgan fingerprint density at radius 1 is 1.45 bits per heavy atom. The molecule has 0 radical (unpaired) electrons. The SMILES string of the molecule is CC(C)(C)c1csc(NC(=O)C[C@@H]2NC(=O)NC2=O)n1. The van der Waals surface area contributed by atoms with Crippen LogP contribution in [0.5, 0.6) is 0 Å². The summed E-state index contributed by atoms with van der Waals surface area (Å²) < 4.78 is 0. The number of imide groups is 1. The maximum Gasteiger partial charge on any atom is 0.322 e. The van der Waals surface area contributed by atoms with Crippen LogP contribution in [0.25, 0.3) is 0 Å². The Bertz CT molecular complexity index is 561. The highest BCUT2D eigenvalue weighted by atomic mass is 32.1. The summed E-state index contributed by atoms with van der Waals surface area (Å²) in [5.74, 6) is -0.846. The van der Waals surface area contributed by atoms with Crippen molar-refractivity contribution in [2.24, 2.45) is 0 Å². The van der Waals surface area contributed by atoms with Crippen LogP contribution >= 0.6 is 11.3 Å². The Hall–Kier alpha value is -1.96. The van der Waals surface area contributed by atoms with Gasteiger partial charge in [0.15, 0.2) is 5.13 Å². The summed E-state index contributed by atoms with van der Waals surface area (Å²) in [6, 6.07) is -1.39. The van der Waals surface area contributed by atoms with Crippen LogP contribution in [0.15, 0.2) is 5.38 Å². The number of hydrogen-bond acceptors (Lipinski definition) is 5. The van der Waals surface area contributed by atoms with Gasteiger partial charge in [0.2, 0.25) is 5.91 Å². The van der Waals surface area contributed by atoms with E-state index < -0.39 is 18.0 Å². The van der Waals surface area contributed by atoms with Gasteiger partial charge in [-0.3, -0.25) is 14.9 Å². The molecule has 108 valence electrons. The van der Waals surface area contributed by atoms with E-state index in [9.17, 15) is 14.4 Å². The van der Waals surface area contributed by atoms with Crippen LogP contribution in [0.4, 0.5) is 9.93 Å². The smallest absolute Gasteiger partial charge is 0.322 e. The number of hydrogen-bond donors (Lipinski definition) is 3. The fraction of sp³-hybridized carbons (Fsp3) is 0.500. The van der Waals surface area contributed by atoms with E-state index in [4.69, 9.17) is 0 Å². The molecule has 2 rings (SSSR count). The topological polar surface area (TPSA) is 100 Å². The Labute approximate surface area is 120 Å². The normalized spacial score (nSPS) is 18.6. The minimum Gasteiger partial charge on any atom is -0.325 e. The summed E-state index contributed by atoms with van der Waals surface area (Å²) in [7, 11) is 0. The van der Waals surface area contributed by atoms with Crippen molar-refractivity contribution in [1.82, 2.24) is 15.6 Å². The Kier molecular flexibility index (Phi) is 3.76. The fourth-order valence-electron chi connectivity index (χ4n) is 1.63. The molecule has 1 aliphatic rings. The lowest BCUT2D eigenvalue weighted by atomic mass is 9.93. The van der Waals surface area contributed by atoms with Crippen LogP contribution in [0.2, 0.25) is 0 Å². The number of urea groups is 1. The van der Waals surface area contributed by atoms with Crippen LogP contribution in [-0.2, 0) is 15.0 Å². The summed E-state index contributed by atoms with van der Waals surface area (Å²) in [6.07, 6.45) is -0.109. The van der Waals surface area contributed by atoms with Crippen molar-refractivity contribution in [1.29, 1.82) is 0 Å². The highest BCUT2D eigenvalue weighted by molar-refractivity contribution is 7.13. The zero-order valence-corrected chi connectivity index (χ0v) is 12.3. The highest BCUT2D eigenvalue weighted by Crippen LogP contribution is 2.26. The molecule has 7 nitrogen and oxygen atoms in total. The van der Waals surface area contributed by atoms with Crippen LogP contribution in [-0.4, -0.2) is 28.9 Å². The van der Waals surface area contributed by atoms with E-state index in [-0.39, 0.29) is 17.7 Å². The third-order valence-electron chi connectivity index (χ3n) is 2.77. The number of anilines is 1. The third-order valence-corrected chi connectivity index (χ3v) is 3.52. The number of carbonyl (C=O) groups is 3. The lowest BCUT2D eigenvalue weighted by Crippen LogP contribution is -2.33. The quantitative estimate of drug-likeness (QED) is 0.724. The molecule has 3 N–H and O–H groups in total. The molecule has 2 heterocycles. The average Bonchev–Trinajstić information content (AvgIpc) is 2.86. The average molecular weight is 296 g/mol.